The summed E-state index contributed by atoms with van der Waals surface area (Å²) in [7, 11) is 0. The van der Waals surface area contributed by atoms with E-state index in [1.807, 2.05) is 0 Å². The zero-order valence-electron chi connectivity index (χ0n) is 6.31. The smallest absolute Gasteiger partial charge is 0.126 e. The maximum Gasteiger partial charge on any atom is 0.126 e. The van der Waals surface area contributed by atoms with Crippen LogP contribution in [0.3, 0.4) is 0 Å². The van der Waals surface area contributed by atoms with E-state index in [-0.39, 0.29) is 10.0 Å². The first-order valence-corrected chi connectivity index (χ1v) is 4.10. The Hall–Kier alpha value is -0.310. The van der Waals surface area contributed by atoms with Crippen LogP contribution in [0.25, 0.3) is 0 Å². The van der Waals surface area contributed by atoms with E-state index in [2.05, 4.69) is 0 Å². The fourth-order valence-corrected chi connectivity index (χ4v) is 1.73. The van der Waals surface area contributed by atoms with Crippen molar-refractivity contribution in [2.75, 3.05) is 0 Å². The van der Waals surface area contributed by atoms with Crippen LogP contribution in [-0.2, 0) is 0 Å². The van der Waals surface area contributed by atoms with E-state index in [1.54, 1.807) is 0 Å². The second-order valence-electron chi connectivity index (χ2n) is 2.46. The molecule has 0 bridgehead atoms. The van der Waals surface area contributed by atoms with Crippen molar-refractivity contribution in [3.8, 4) is 0 Å². The largest absolute Gasteiger partial charge is 0.389 e. The lowest BCUT2D eigenvalue weighted by molar-refractivity contribution is 0.199. The van der Waals surface area contributed by atoms with Crippen molar-refractivity contribution in [2.24, 2.45) is 0 Å². The van der Waals surface area contributed by atoms with Gasteiger partial charge in [-0.05, 0) is 19.1 Å². The third-order valence-electron chi connectivity index (χ3n) is 1.46. The van der Waals surface area contributed by atoms with E-state index in [4.69, 9.17) is 23.2 Å². The van der Waals surface area contributed by atoms with E-state index in [9.17, 15) is 9.50 Å². The number of aliphatic hydroxyl groups is 1. The molecule has 1 rings (SSSR count). The SMILES string of the molecule is C[C@@H](O)c1c(Cl)cc(F)cc1Cl. The van der Waals surface area contributed by atoms with Gasteiger partial charge in [0.1, 0.15) is 5.82 Å². The number of halogens is 3. The van der Waals surface area contributed by atoms with Gasteiger partial charge in [-0.3, -0.25) is 0 Å². The van der Waals surface area contributed by atoms with E-state index < -0.39 is 11.9 Å². The van der Waals surface area contributed by atoms with Crippen LogP contribution in [0, 0.1) is 5.82 Å². The molecule has 0 aliphatic heterocycles. The Balaban J connectivity index is 3.28. The Morgan fingerprint density at radius 3 is 2.08 bits per heavy atom. The van der Waals surface area contributed by atoms with E-state index in [1.165, 1.54) is 6.92 Å². The number of benzene rings is 1. The molecule has 0 heterocycles. The summed E-state index contributed by atoms with van der Waals surface area (Å²) in [6.45, 7) is 1.52. The highest BCUT2D eigenvalue weighted by molar-refractivity contribution is 6.36. The Kier molecular flexibility index (Phi) is 2.94. The van der Waals surface area contributed by atoms with Gasteiger partial charge in [-0.1, -0.05) is 23.2 Å². The quantitative estimate of drug-likeness (QED) is 0.752. The highest BCUT2D eigenvalue weighted by atomic mass is 35.5. The van der Waals surface area contributed by atoms with Gasteiger partial charge in [0.25, 0.3) is 0 Å². The second-order valence-corrected chi connectivity index (χ2v) is 3.27. The summed E-state index contributed by atoms with van der Waals surface area (Å²) in [5.74, 6) is -0.505. The molecule has 1 nitrogen and oxygen atoms in total. The molecule has 1 atom stereocenters. The maximum absolute atomic E-state index is 12.6. The molecule has 0 aliphatic carbocycles. The summed E-state index contributed by atoms with van der Waals surface area (Å²) in [5.41, 5.74) is 0.361. The lowest BCUT2D eigenvalue weighted by Gasteiger charge is -2.09. The van der Waals surface area contributed by atoms with Gasteiger partial charge in [-0.2, -0.15) is 0 Å². The molecule has 0 unspecified atom stereocenters. The Bertz CT molecular complexity index is 276. The predicted octanol–water partition coefficient (Wildman–Crippen LogP) is 3.19. The lowest BCUT2D eigenvalue weighted by atomic mass is 10.1. The maximum atomic E-state index is 12.6. The minimum atomic E-state index is -0.786. The molecule has 66 valence electrons. The monoisotopic (exact) mass is 208 g/mol. The third kappa shape index (κ3) is 1.89. The van der Waals surface area contributed by atoms with E-state index >= 15 is 0 Å². The molecule has 0 radical (unpaired) electrons. The number of hydrogen-bond acceptors (Lipinski definition) is 1. The summed E-state index contributed by atoms with van der Waals surface area (Å²) in [6, 6.07) is 2.24. The van der Waals surface area contributed by atoms with Crippen molar-refractivity contribution in [3.63, 3.8) is 0 Å². The van der Waals surface area contributed by atoms with Gasteiger partial charge >= 0.3 is 0 Å². The predicted molar refractivity (Wildman–Crippen MR) is 47.1 cm³/mol. The first-order valence-electron chi connectivity index (χ1n) is 3.35. The minimum Gasteiger partial charge on any atom is -0.389 e. The molecular formula is C8H7Cl2FO. The van der Waals surface area contributed by atoms with Crippen molar-refractivity contribution >= 4 is 23.2 Å². The molecule has 0 aliphatic rings. The van der Waals surface area contributed by atoms with Crippen LogP contribution in [0.15, 0.2) is 12.1 Å². The van der Waals surface area contributed by atoms with Crippen LogP contribution in [0.1, 0.15) is 18.6 Å². The number of hydrogen-bond donors (Lipinski definition) is 1. The first-order chi connectivity index (χ1) is 5.52. The van der Waals surface area contributed by atoms with Gasteiger partial charge in [-0.25, -0.2) is 4.39 Å². The van der Waals surface area contributed by atoms with Gasteiger partial charge in [0.2, 0.25) is 0 Å². The van der Waals surface area contributed by atoms with Crippen molar-refractivity contribution in [3.05, 3.63) is 33.6 Å². The molecule has 0 saturated heterocycles. The van der Waals surface area contributed by atoms with Crippen LogP contribution in [0.2, 0.25) is 10.0 Å². The van der Waals surface area contributed by atoms with Gasteiger partial charge in [-0.15, -0.1) is 0 Å². The van der Waals surface area contributed by atoms with Crippen molar-refractivity contribution in [1.82, 2.24) is 0 Å². The van der Waals surface area contributed by atoms with E-state index in [0.717, 1.165) is 12.1 Å². The van der Waals surface area contributed by atoms with E-state index in [0.29, 0.717) is 5.56 Å². The van der Waals surface area contributed by atoms with Crippen LogP contribution in [0.5, 0.6) is 0 Å². The molecule has 0 saturated carbocycles. The molecule has 1 aromatic rings. The van der Waals surface area contributed by atoms with Gasteiger partial charge in [0, 0.05) is 5.56 Å². The van der Waals surface area contributed by atoms with Crippen LogP contribution in [0.4, 0.5) is 4.39 Å². The van der Waals surface area contributed by atoms with Crippen molar-refractivity contribution in [2.45, 2.75) is 13.0 Å². The van der Waals surface area contributed by atoms with Gasteiger partial charge < -0.3 is 5.11 Å². The summed E-state index contributed by atoms with van der Waals surface area (Å²) in [4.78, 5) is 0. The summed E-state index contributed by atoms with van der Waals surface area (Å²) >= 11 is 11.3. The molecule has 1 aromatic carbocycles. The number of rotatable bonds is 1. The second kappa shape index (κ2) is 3.60. The molecule has 0 fully saturated rings. The molecule has 0 amide bonds. The molecule has 12 heavy (non-hydrogen) atoms. The first kappa shape index (κ1) is 9.78. The normalized spacial score (nSPS) is 13.1. The van der Waals surface area contributed by atoms with Gasteiger partial charge in [0.15, 0.2) is 0 Å². The average Bonchev–Trinajstić information content (AvgIpc) is 1.82. The molecule has 0 spiro atoms. The summed E-state index contributed by atoms with van der Waals surface area (Å²) in [5, 5.41) is 9.48. The van der Waals surface area contributed by atoms with Crippen LogP contribution in [-0.4, -0.2) is 5.11 Å². The highest BCUT2D eigenvalue weighted by Crippen LogP contribution is 2.30. The molecule has 4 heteroatoms. The van der Waals surface area contributed by atoms with Crippen molar-refractivity contribution in [1.29, 1.82) is 0 Å². The zero-order valence-corrected chi connectivity index (χ0v) is 7.83. The zero-order chi connectivity index (χ0) is 9.30. The summed E-state index contributed by atoms with van der Waals surface area (Å²) < 4.78 is 12.6. The van der Waals surface area contributed by atoms with Crippen LogP contribution < -0.4 is 0 Å². The minimum absolute atomic E-state index is 0.148. The third-order valence-corrected chi connectivity index (χ3v) is 2.09. The molecule has 0 aromatic heterocycles. The molecule has 1 N–H and O–H groups in total. The topological polar surface area (TPSA) is 20.2 Å². The average molecular weight is 209 g/mol. The van der Waals surface area contributed by atoms with Crippen LogP contribution >= 0.6 is 23.2 Å². The number of aliphatic hydroxyl groups excluding tert-OH is 1. The van der Waals surface area contributed by atoms with Crippen molar-refractivity contribution < 1.29 is 9.50 Å². The Labute approximate surface area is 79.7 Å². The lowest BCUT2D eigenvalue weighted by Crippen LogP contribution is -1.94. The fraction of sp³-hybridized carbons (Fsp3) is 0.250. The highest BCUT2D eigenvalue weighted by Gasteiger charge is 2.12. The molecular weight excluding hydrogens is 202 g/mol. The fourth-order valence-electron chi connectivity index (χ4n) is 0.952. The Morgan fingerprint density at radius 1 is 1.33 bits per heavy atom. The van der Waals surface area contributed by atoms with Gasteiger partial charge in [0.05, 0.1) is 16.1 Å². The standard InChI is InChI=1S/C8H7Cl2FO/c1-4(12)8-6(9)2-5(11)3-7(8)10/h2-4,12H,1H3/t4-/m1/s1. The Morgan fingerprint density at radius 2 is 1.75 bits per heavy atom. The summed E-state index contributed by atoms with van der Waals surface area (Å²) in [6.07, 6.45) is -0.786.